The fraction of sp³-hybridized carbons (Fsp3) is 0.333. The van der Waals surface area contributed by atoms with Crippen molar-refractivity contribution in [2.75, 3.05) is 0 Å². The zero-order chi connectivity index (χ0) is 2.99. The first-order valence-electron chi connectivity index (χ1n) is 1.15. The fourth-order valence-corrected chi connectivity index (χ4v) is 0.100. The smallest absolute Gasteiger partial charge is 0.0264 e. The van der Waals surface area contributed by atoms with Gasteiger partial charge in [-0.15, -0.1) is 0 Å². The summed E-state index contributed by atoms with van der Waals surface area (Å²) < 4.78 is 0. The van der Waals surface area contributed by atoms with Gasteiger partial charge in [0.1, 0.15) is 0 Å². The van der Waals surface area contributed by atoms with E-state index < -0.39 is 0 Å². The second-order valence-corrected chi connectivity index (χ2v) is 1.21. The van der Waals surface area contributed by atoms with E-state index in [1.165, 1.54) is 0 Å². The third kappa shape index (κ3) is 0.235. The Labute approximate surface area is 30.1 Å². The lowest BCUT2D eigenvalue weighted by Crippen LogP contribution is -1.16. The summed E-state index contributed by atoms with van der Waals surface area (Å²) in [4.78, 5) is 0. The van der Waals surface area contributed by atoms with E-state index in [1.807, 2.05) is 0 Å². The Morgan fingerprint density at radius 1 is 2.00 bits per heavy atom. The predicted octanol–water partition coefficient (Wildman–Crippen LogP) is 1.32. The molecule has 1 aliphatic rings. The molecule has 0 aliphatic heterocycles. The van der Waals surface area contributed by atoms with Crippen LogP contribution in [0.15, 0.2) is 5.03 Å². The summed E-state index contributed by atoms with van der Waals surface area (Å²) in [5.41, 5.74) is 0. The Hall–Kier alpha value is 0.0300. The molecule has 0 N–H and O–H groups in total. The standard InChI is InChI=1S/C3H2Cl/c4-3-1-2-3/h1H2. The highest BCUT2D eigenvalue weighted by Gasteiger charge is 1.99. The van der Waals surface area contributed by atoms with Gasteiger partial charge in [0.05, 0.1) is 0 Å². The van der Waals surface area contributed by atoms with Crippen molar-refractivity contribution in [1.29, 1.82) is 0 Å². The molecule has 0 fully saturated rings. The van der Waals surface area contributed by atoms with Gasteiger partial charge in [-0.2, -0.15) is 0 Å². The molecule has 4 heavy (non-hydrogen) atoms. The Bertz CT molecular complexity index is 54.3. The van der Waals surface area contributed by atoms with E-state index in [0.717, 1.165) is 11.5 Å². The van der Waals surface area contributed by atoms with Crippen LogP contribution in [-0.2, 0) is 0 Å². The molecule has 1 aliphatic carbocycles. The van der Waals surface area contributed by atoms with E-state index in [1.54, 1.807) is 0 Å². The molecule has 0 nitrogen and oxygen atoms in total. The molecular weight excluding hydrogens is 71.5 g/mol. The maximum absolute atomic E-state index is 5.19. The molecule has 0 aromatic heterocycles. The third-order valence-electron chi connectivity index (χ3n) is 0.310. The lowest BCUT2D eigenvalue weighted by atomic mass is 10.9. The van der Waals surface area contributed by atoms with Crippen LogP contribution in [0.2, 0.25) is 0 Å². The van der Waals surface area contributed by atoms with E-state index in [9.17, 15) is 0 Å². The van der Waals surface area contributed by atoms with Crippen molar-refractivity contribution in [1.82, 2.24) is 0 Å². The van der Waals surface area contributed by atoms with Crippen LogP contribution >= 0.6 is 11.6 Å². The van der Waals surface area contributed by atoms with Crippen LogP contribution in [0, 0.1) is 6.08 Å². The second-order valence-electron chi connectivity index (χ2n) is 0.758. The molecule has 0 atom stereocenters. The fourth-order valence-electron chi connectivity index (χ4n) is 0.0334. The van der Waals surface area contributed by atoms with Crippen molar-refractivity contribution < 1.29 is 0 Å². The van der Waals surface area contributed by atoms with E-state index in [4.69, 9.17) is 11.6 Å². The van der Waals surface area contributed by atoms with E-state index in [-0.39, 0.29) is 0 Å². The van der Waals surface area contributed by atoms with Gasteiger partial charge in [-0.05, 0) is 6.08 Å². The molecule has 0 unspecified atom stereocenters. The first kappa shape index (κ1) is 2.28. The van der Waals surface area contributed by atoms with Crippen LogP contribution in [0.4, 0.5) is 0 Å². The molecule has 0 bridgehead atoms. The van der Waals surface area contributed by atoms with Gasteiger partial charge in [-0.25, -0.2) is 0 Å². The van der Waals surface area contributed by atoms with Crippen LogP contribution in [0.5, 0.6) is 0 Å². The van der Waals surface area contributed by atoms with Gasteiger partial charge in [0.15, 0.2) is 0 Å². The average molecular weight is 73.5 g/mol. The topological polar surface area (TPSA) is 0 Å². The number of allylic oxidation sites excluding steroid dienone is 2. The summed E-state index contributed by atoms with van der Waals surface area (Å²) in [6.45, 7) is 0. The van der Waals surface area contributed by atoms with Gasteiger partial charge >= 0.3 is 0 Å². The number of hydrogen-bond donors (Lipinski definition) is 0. The molecular formula is C3H2Cl. The quantitative estimate of drug-likeness (QED) is 0.406. The van der Waals surface area contributed by atoms with Gasteiger partial charge in [0.2, 0.25) is 0 Å². The SMILES string of the molecule is ClC1=[C]C1. The Kier molecular flexibility index (Phi) is 0.281. The van der Waals surface area contributed by atoms with Crippen molar-refractivity contribution in [3.05, 3.63) is 11.1 Å². The molecule has 0 amide bonds. The second kappa shape index (κ2) is 0.494. The Morgan fingerprint density at radius 2 is 2.25 bits per heavy atom. The maximum Gasteiger partial charge on any atom is 0.0264 e. The summed E-state index contributed by atoms with van der Waals surface area (Å²) in [5.74, 6) is 0. The van der Waals surface area contributed by atoms with E-state index in [0.29, 0.717) is 0 Å². The zero-order valence-electron chi connectivity index (χ0n) is 2.09. The van der Waals surface area contributed by atoms with Crippen LogP contribution in [0.3, 0.4) is 0 Å². The molecule has 0 aromatic rings. The van der Waals surface area contributed by atoms with Crippen molar-refractivity contribution in [3.63, 3.8) is 0 Å². The minimum atomic E-state index is 0.889. The molecule has 21 valence electrons. The number of rotatable bonds is 0. The first-order chi connectivity index (χ1) is 1.89. The van der Waals surface area contributed by atoms with Gasteiger partial charge in [0, 0.05) is 11.5 Å². The van der Waals surface area contributed by atoms with Gasteiger partial charge in [0.25, 0.3) is 0 Å². The predicted molar refractivity (Wildman–Crippen MR) is 17.2 cm³/mol. The van der Waals surface area contributed by atoms with Crippen molar-refractivity contribution in [3.8, 4) is 0 Å². The van der Waals surface area contributed by atoms with E-state index in [2.05, 4.69) is 6.08 Å². The summed E-state index contributed by atoms with van der Waals surface area (Å²) in [6.07, 6.45) is 3.70. The molecule has 1 rings (SSSR count). The lowest BCUT2D eigenvalue weighted by molar-refractivity contribution is 1.64. The zero-order valence-corrected chi connectivity index (χ0v) is 2.84. The van der Waals surface area contributed by atoms with Crippen molar-refractivity contribution in [2.45, 2.75) is 6.42 Å². The molecule has 1 heteroatoms. The summed E-state index contributed by atoms with van der Waals surface area (Å²) in [6, 6.07) is 0. The van der Waals surface area contributed by atoms with Crippen LogP contribution in [0.1, 0.15) is 6.42 Å². The Balaban J connectivity index is 2.54. The molecule has 0 spiro atoms. The van der Waals surface area contributed by atoms with Crippen molar-refractivity contribution in [2.24, 2.45) is 0 Å². The van der Waals surface area contributed by atoms with Gasteiger partial charge < -0.3 is 0 Å². The van der Waals surface area contributed by atoms with Gasteiger partial charge in [-0.1, -0.05) is 11.6 Å². The van der Waals surface area contributed by atoms with Crippen molar-refractivity contribution >= 4 is 11.6 Å². The number of halogens is 1. The molecule has 0 aromatic carbocycles. The summed E-state index contributed by atoms with van der Waals surface area (Å²) in [7, 11) is 0. The summed E-state index contributed by atoms with van der Waals surface area (Å²) >= 11 is 5.19. The number of hydrogen-bond acceptors (Lipinski definition) is 0. The van der Waals surface area contributed by atoms with Crippen LogP contribution < -0.4 is 0 Å². The average Bonchev–Trinajstić information content (AvgIpc) is 1.75. The van der Waals surface area contributed by atoms with E-state index >= 15 is 0 Å². The van der Waals surface area contributed by atoms with Gasteiger partial charge in [-0.3, -0.25) is 0 Å². The highest BCUT2D eigenvalue weighted by atomic mass is 35.5. The first-order valence-corrected chi connectivity index (χ1v) is 1.52. The monoisotopic (exact) mass is 73.0 g/mol. The largest absolute Gasteiger partial charge is 0.0885 e. The third-order valence-corrected chi connectivity index (χ3v) is 0.578. The minimum Gasteiger partial charge on any atom is -0.0885 e. The lowest BCUT2D eigenvalue weighted by Gasteiger charge is -1.42. The Morgan fingerprint density at radius 3 is 2.25 bits per heavy atom. The molecule has 0 saturated carbocycles. The highest BCUT2D eigenvalue weighted by Crippen LogP contribution is 2.19. The highest BCUT2D eigenvalue weighted by molar-refractivity contribution is 6.31. The van der Waals surface area contributed by atoms with Crippen LogP contribution in [0.25, 0.3) is 0 Å². The molecule has 0 heterocycles. The molecule has 0 saturated heterocycles. The maximum atomic E-state index is 5.19. The summed E-state index contributed by atoms with van der Waals surface area (Å²) in [5, 5.41) is 0.889. The molecule has 1 radical (unpaired) electrons. The van der Waals surface area contributed by atoms with Crippen LogP contribution in [-0.4, -0.2) is 0 Å². The normalized spacial score (nSPS) is 19.8. The minimum absolute atomic E-state index is 0.889.